The van der Waals surface area contributed by atoms with Crippen LogP contribution < -0.4 is 0 Å². The average Bonchev–Trinajstić information content (AvgIpc) is 2.76. The summed E-state index contributed by atoms with van der Waals surface area (Å²) in [6.45, 7) is 4.18. The van der Waals surface area contributed by atoms with Crippen molar-refractivity contribution in [2.24, 2.45) is 0 Å². The molecule has 0 radical (unpaired) electrons. The van der Waals surface area contributed by atoms with Gasteiger partial charge >= 0.3 is 5.97 Å². The van der Waals surface area contributed by atoms with E-state index in [0.29, 0.717) is 6.61 Å². The maximum absolute atomic E-state index is 10.8. The van der Waals surface area contributed by atoms with Crippen LogP contribution in [0.3, 0.4) is 0 Å². The van der Waals surface area contributed by atoms with Crippen LogP contribution >= 0.6 is 0 Å². The highest BCUT2D eigenvalue weighted by atomic mass is 16.6. The zero-order valence-corrected chi connectivity index (χ0v) is 19.7. The lowest BCUT2D eigenvalue weighted by Crippen LogP contribution is -2.26. The van der Waals surface area contributed by atoms with E-state index < -0.39 is 12.1 Å². The molecule has 31 heavy (non-hydrogen) atoms. The van der Waals surface area contributed by atoms with Crippen molar-refractivity contribution >= 4 is 5.97 Å². The van der Waals surface area contributed by atoms with E-state index in [1.807, 2.05) is 0 Å². The van der Waals surface area contributed by atoms with Gasteiger partial charge in [0, 0.05) is 13.5 Å². The lowest BCUT2D eigenvalue weighted by molar-refractivity contribution is -0.152. The normalized spacial score (nSPS) is 13.5. The highest BCUT2D eigenvalue weighted by Crippen LogP contribution is 2.05. The monoisotopic (exact) mass is 432 g/mol. The van der Waals surface area contributed by atoms with Crippen LogP contribution in [0.1, 0.15) is 78.1 Å². The number of unbranched alkanes of at least 4 members (excludes halogenated alkanes) is 4. The summed E-state index contributed by atoms with van der Waals surface area (Å²) in [5, 5.41) is 9.07. The van der Waals surface area contributed by atoms with E-state index in [0.717, 1.165) is 51.4 Å². The number of allylic oxidation sites excluding steroid dienone is 10. The molecule has 4 heteroatoms. The molecule has 0 aromatic carbocycles. The smallest absolute Gasteiger partial charge is 0.303 e. The minimum atomic E-state index is -0.548. The summed E-state index contributed by atoms with van der Waals surface area (Å²) in [5.74, 6) is -0.391. The van der Waals surface area contributed by atoms with Crippen molar-refractivity contribution < 1.29 is 19.4 Å². The highest BCUT2D eigenvalue weighted by molar-refractivity contribution is 5.66. The minimum absolute atomic E-state index is 0.202. The summed E-state index contributed by atoms with van der Waals surface area (Å²) in [7, 11) is 0. The number of aliphatic hydroxyl groups is 1. The zero-order valence-electron chi connectivity index (χ0n) is 19.7. The minimum Gasteiger partial charge on any atom is -0.458 e. The van der Waals surface area contributed by atoms with Crippen molar-refractivity contribution in [1.29, 1.82) is 0 Å². The third kappa shape index (κ3) is 24.2. The molecule has 0 aromatic heterocycles. The SMILES string of the molecule is CC/C=C\C/C=C\C/C=C\C/C=C\C/C=C\CCCCCCOCC(CO)OC(C)=O. The van der Waals surface area contributed by atoms with Crippen LogP contribution in [0.2, 0.25) is 0 Å². The van der Waals surface area contributed by atoms with Crippen molar-refractivity contribution in [1.82, 2.24) is 0 Å². The summed E-state index contributed by atoms with van der Waals surface area (Å²) in [6.07, 6.45) is 32.4. The third-order valence-electron chi connectivity index (χ3n) is 4.41. The van der Waals surface area contributed by atoms with Crippen molar-refractivity contribution in [2.75, 3.05) is 19.8 Å². The first-order valence-corrected chi connectivity index (χ1v) is 11.8. The number of hydrogen-bond donors (Lipinski definition) is 1. The Morgan fingerprint density at radius 1 is 0.774 bits per heavy atom. The van der Waals surface area contributed by atoms with Gasteiger partial charge in [-0.1, -0.05) is 80.5 Å². The van der Waals surface area contributed by atoms with Crippen LogP contribution in [0.5, 0.6) is 0 Å². The first-order chi connectivity index (χ1) is 15.2. The molecule has 0 rings (SSSR count). The first kappa shape index (κ1) is 29.1. The van der Waals surface area contributed by atoms with Gasteiger partial charge in [0.15, 0.2) is 0 Å². The second kappa shape index (κ2) is 24.4. The van der Waals surface area contributed by atoms with E-state index in [1.165, 1.54) is 19.8 Å². The fourth-order valence-corrected chi connectivity index (χ4v) is 2.76. The van der Waals surface area contributed by atoms with Crippen molar-refractivity contribution in [3.05, 3.63) is 60.8 Å². The number of carbonyl (C=O) groups excluding carboxylic acids is 1. The summed E-state index contributed by atoms with van der Waals surface area (Å²) in [6, 6.07) is 0. The predicted molar refractivity (Wildman–Crippen MR) is 131 cm³/mol. The van der Waals surface area contributed by atoms with E-state index >= 15 is 0 Å². The van der Waals surface area contributed by atoms with Crippen LogP contribution in [-0.2, 0) is 14.3 Å². The van der Waals surface area contributed by atoms with E-state index in [2.05, 4.69) is 67.7 Å². The molecule has 0 aliphatic carbocycles. The summed E-state index contributed by atoms with van der Waals surface area (Å²) in [4.78, 5) is 10.8. The molecule has 0 saturated heterocycles. The molecule has 176 valence electrons. The van der Waals surface area contributed by atoms with E-state index in [-0.39, 0.29) is 13.2 Å². The van der Waals surface area contributed by atoms with Crippen LogP contribution in [0.4, 0.5) is 0 Å². The number of hydrogen-bond acceptors (Lipinski definition) is 4. The molecule has 0 bridgehead atoms. The molecule has 0 amide bonds. The fraction of sp³-hybridized carbons (Fsp3) is 0.593. The molecule has 1 N–H and O–H groups in total. The summed E-state index contributed by atoms with van der Waals surface area (Å²) < 4.78 is 10.4. The number of aliphatic hydroxyl groups excluding tert-OH is 1. The Labute approximate surface area is 190 Å². The summed E-state index contributed by atoms with van der Waals surface area (Å²) >= 11 is 0. The molecule has 0 spiro atoms. The lowest BCUT2D eigenvalue weighted by atomic mass is 10.1. The molecule has 0 aliphatic heterocycles. The highest BCUT2D eigenvalue weighted by Gasteiger charge is 2.10. The molecule has 0 fully saturated rings. The Balaban J connectivity index is 3.44. The van der Waals surface area contributed by atoms with Gasteiger partial charge in [0.1, 0.15) is 6.10 Å². The molecule has 1 unspecified atom stereocenters. The van der Waals surface area contributed by atoms with Gasteiger partial charge in [0.05, 0.1) is 13.2 Å². The Hall–Kier alpha value is -1.91. The molecule has 0 aliphatic rings. The molecule has 1 atom stereocenters. The molecular formula is C27H44O4. The Bertz CT molecular complexity index is 543. The second-order valence-electron chi connectivity index (χ2n) is 7.40. The Morgan fingerprint density at radius 2 is 1.29 bits per heavy atom. The third-order valence-corrected chi connectivity index (χ3v) is 4.41. The molecule has 0 saturated carbocycles. The van der Waals surface area contributed by atoms with Gasteiger partial charge in [-0.3, -0.25) is 4.79 Å². The first-order valence-electron chi connectivity index (χ1n) is 11.8. The van der Waals surface area contributed by atoms with Gasteiger partial charge in [0.25, 0.3) is 0 Å². The number of rotatable bonds is 20. The average molecular weight is 433 g/mol. The van der Waals surface area contributed by atoms with Crippen LogP contribution in [0.25, 0.3) is 0 Å². The van der Waals surface area contributed by atoms with E-state index in [9.17, 15) is 4.79 Å². The number of esters is 1. The number of ether oxygens (including phenoxy) is 2. The quantitative estimate of drug-likeness (QED) is 0.133. The zero-order chi connectivity index (χ0) is 22.8. The van der Waals surface area contributed by atoms with Gasteiger partial charge in [0.2, 0.25) is 0 Å². The Morgan fingerprint density at radius 3 is 1.81 bits per heavy atom. The van der Waals surface area contributed by atoms with Crippen molar-refractivity contribution in [2.45, 2.75) is 84.2 Å². The van der Waals surface area contributed by atoms with E-state index in [1.54, 1.807) is 0 Å². The molecule has 0 aromatic rings. The van der Waals surface area contributed by atoms with Crippen molar-refractivity contribution in [3.8, 4) is 0 Å². The van der Waals surface area contributed by atoms with Gasteiger partial charge in [-0.2, -0.15) is 0 Å². The maximum atomic E-state index is 10.8. The predicted octanol–water partition coefficient (Wildman–Crippen LogP) is 6.63. The second-order valence-corrected chi connectivity index (χ2v) is 7.40. The maximum Gasteiger partial charge on any atom is 0.303 e. The molecule has 4 nitrogen and oxygen atoms in total. The van der Waals surface area contributed by atoms with Crippen LogP contribution in [-0.4, -0.2) is 37.0 Å². The van der Waals surface area contributed by atoms with Crippen molar-refractivity contribution in [3.63, 3.8) is 0 Å². The lowest BCUT2D eigenvalue weighted by Gasteiger charge is -2.14. The van der Waals surface area contributed by atoms with Crippen LogP contribution in [0, 0.1) is 0 Å². The van der Waals surface area contributed by atoms with Gasteiger partial charge in [-0.15, -0.1) is 0 Å². The van der Waals surface area contributed by atoms with Crippen LogP contribution in [0.15, 0.2) is 60.8 Å². The molecular weight excluding hydrogens is 388 g/mol. The fourth-order valence-electron chi connectivity index (χ4n) is 2.76. The summed E-state index contributed by atoms with van der Waals surface area (Å²) in [5.41, 5.74) is 0. The van der Waals surface area contributed by atoms with Gasteiger partial charge in [-0.25, -0.2) is 0 Å². The van der Waals surface area contributed by atoms with Gasteiger partial charge < -0.3 is 14.6 Å². The number of carbonyl (C=O) groups is 1. The van der Waals surface area contributed by atoms with E-state index in [4.69, 9.17) is 14.6 Å². The topological polar surface area (TPSA) is 55.8 Å². The standard InChI is InChI=1S/C27H44O4/c1-3-4-5-6-7-8-9-10-11-12-13-14-15-16-17-18-19-20-21-22-23-30-25-27(24-28)31-26(2)29/h4-5,7-8,10-11,13-14,16-17,27-28H,3,6,9,12,15,18-25H2,1-2H3/b5-4-,8-7-,11-10-,14-13-,17-16-. The van der Waals surface area contributed by atoms with Gasteiger partial charge in [-0.05, 0) is 51.4 Å². The largest absolute Gasteiger partial charge is 0.458 e. The molecule has 0 heterocycles. The Kier molecular flexibility index (Phi) is 22.9.